The molecule has 1 atom stereocenters. The van der Waals surface area contributed by atoms with E-state index in [4.69, 9.17) is 10.9 Å². The van der Waals surface area contributed by atoms with E-state index in [1.54, 1.807) is 4.57 Å². The lowest BCUT2D eigenvalue weighted by atomic mass is 10.2. The molecule has 0 fully saturated rings. The number of nitrogens with two attached hydrogens (primary N) is 1. The second-order valence-electron chi connectivity index (χ2n) is 4.03. The molecule has 0 bridgehead atoms. The maximum atomic E-state index is 12.1. The summed E-state index contributed by atoms with van der Waals surface area (Å²) in [6, 6.07) is -0.744. The lowest BCUT2D eigenvalue weighted by Crippen LogP contribution is -2.44. The van der Waals surface area contributed by atoms with E-state index in [9.17, 15) is 8.42 Å². The van der Waals surface area contributed by atoms with Gasteiger partial charge in [0.25, 0.3) is 10.0 Å². The van der Waals surface area contributed by atoms with Gasteiger partial charge in [-0.05, 0) is 13.3 Å². The summed E-state index contributed by atoms with van der Waals surface area (Å²) in [5.41, 5.74) is 5.47. The van der Waals surface area contributed by atoms with Gasteiger partial charge >= 0.3 is 0 Å². The Morgan fingerprint density at radius 2 is 2.32 bits per heavy atom. The van der Waals surface area contributed by atoms with Crippen LogP contribution in [0.2, 0.25) is 0 Å². The van der Waals surface area contributed by atoms with E-state index in [1.165, 1.54) is 12.5 Å². The highest BCUT2D eigenvalue weighted by atomic mass is 32.2. The third kappa shape index (κ3) is 3.93. The van der Waals surface area contributed by atoms with Crippen molar-refractivity contribution < 1.29 is 13.6 Å². The van der Waals surface area contributed by atoms with E-state index in [0.29, 0.717) is 19.4 Å². The zero-order valence-corrected chi connectivity index (χ0v) is 11.8. The molecule has 1 heterocycles. The summed E-state index contributed by atoms with van der Waals surface area (Å²) in [4.78, 5) is 3.83. The molecular weight excluding hydrogens is 270 g/mol. The number of rotatable bonds is 7. The number of sulfonamides is 1. The van der Waals surface area contributed by atoms with Crippen LogP contribution in [-0.4, -0.2) is 35.1 Å². The highest BCUT2D eigenvalue weighted by molar-refractivity contribution is 7.89. The van der Waals surface area contributed by atoms with Gasteiger partial charge in [-0.15, -0.1) is 0 Å². The molecule has 108 valence electrons. The number of amidine groups is 1. The molecule has 0 aromatic carbocycles. The van der Waals surface area contributed by atoms with Gasteiger partial charge in [-0.1, -0.05) is 18.5 Å². The molecule has 1 rings (SSSR count). The quantitative estimate of drug-likeness (QED) is 0.284. The molecule has 0 spiro atoms. The van der Waals surface area contributed by atoms with Gasteiger partial charge in [0.05, 0.1) is 12.4 Å². The van der Waals surface area contributed by atoms with Crippen LogP contribution < -0.4 is 10.5 Å². The molecule has 0 aliphatic carbocycles. The third-order valence-corrected chi connectivity index (χ3v) is 3.95. The summed E-state index contributed by atoms with van der Waals surface area (Å²) in [5, 5.41) is 11.4. The highest BCUT2D eigenvalue weighted by Gasteiger charge is 2.24. The molecule has 1 aromatic rings. The fraction of sp³-hybridized carbons (Fsp3) is 0.600. The molecule has 0 aliphatic rings. The molecule has 0 aliphatic heterocycles. The van der Waals surface area contributed by atoms with Gasteiger partial charge in [-0.3, -0.25) is 0 Å². The topological polar surface area (TPSA) is 123 Å². The Balaban J connectivity index is 2.93. The maximum Gasteiger partial charge on any atom is 0.260 e. The number of hydrogen-bond donors (Lipinski definition) is 3. The average molecular weight is 289 g/mol. The maximum absolute atomic E-state index is 12.1. The minimum absolute atomic E-state index is 0.0822. The average Bonchev–Trinajstić information content (AvgIpc) is 2.86. The van der Waals surface area contributed by atoms with Gasteiger partial charge in [-0.25, -0.2) is 13.4 Å². The van der Waals surface area contributed by atoms with E-state index in [1.807, 2.05) is 13.8 Å². The first-order valence-corrected chi connectivity index (χ1v) is 7.44. The van der Waals surface area contributed by atoms with Crippen molar-refractivity contribution in [2.45, 2.75) is 44.3 Å². The van der Waals surface area contributed by atoms with Crippen LogP contribution in [-0.2, 0) is 16.6 Å². The van der Waals surface area contributed by atoms with Gasteiger partial charge in [0.1, 0.15) is 0 Å². The Morgan fingerprint density at radius 3 is 2.79 bits per heavy atom. The van der Waals surface area contributed by atoms with Gasteiger partial charge in [0.2, 0.25) is 0 Å². The van der Waals surface area contributed by atoms with Crippen LogP contribution in [0.5, 0.6) is 0 Å². The van der Waals surface area contributed by atoms with Crippen molar-refractivity contribution in [1.82, 2.24) is 14.3 Å². The molecule has 0 radical (unpaired) electrons. The van der Waals surface area contributed by atoms with Crippen molar-refractivity contribution in [3.8, 4) is 0 Å². The van der Waals surface area contributed by atoms with Crippen LogP contribution in [0.3, 0.4) is 0 Å². The van der Waals surface area contributed by atoms with Crippen molar-refractivity contribution in [2.75, 3.05) is 0 Å². The summed E-state index contributed by atoms with van der Waals surface area (Å²) in [6.45, 7) is 4.38. The molecule has 0 saturated carbocycles. The summed E-state index contributed by atoms with van der Waals surface area (Å²) >= 11 is 0. The molecular formula is C10H19N5O3S. The first-order valence-electron chi connectivity index (χ1n) is 5.96. The van der Waals surface area contributed by atoms with E-state index in [0.717, 1.165) is 0 Å². The molecule has 9 heteroatoms. The Morgan fingerprint density at radius 1 is 1.63 bits per heavy atom. The van der Waals surface area contributed by atoms with Gasteiger partial charge in [0.15, 0.2) is 10.9 Å². The van der Waals surface area contributed by atoms with Crippen molar-refractivity contribution >= 4 is 15.9 Å². The SMILES string of the molecule is CCCC(NS(=O)(=O)c1cn(CC)cn1)C(N)=NO. The summed E-state index contributed by atoms with van der Waals surface area (Å²) in [5.74, 6) is -0.166. The molecule has 0 amide bonds. The number of oxime groups is 1. The van der Waals surface area contributed by atoms with Crippen molar-refractivity contribution in [1.29, 1.82) is 0 Å². The molecule has 1 aromatic heterocycles. The number of imidazole rings is 1. The molecule has 0 saturated heterocycles. The summed E-state index contributed by atoms with van der Waals surface area (Å²) in [6.07, 6.45) is 3.99. The van der Waals surface area contributed by atoms with E-state index < -0.39 is 16.1 Å². The van der Waals surface area contributed by atoms with E-state index in [2.05, 4.69) is 14.9 Å². The highest BCUT2D eigenvalue weighted by Crippen LogP contribution is 2.08. The zero-order valence-electron chi connectivity index (χ0n) is 10.9. The summed E-state index contributed by atoms with van der Waals surface area (Å²) in [7, 11) is -3.78. The van der Waals surface area contributed by atoms with Gasteiger partial charge in [0, 0.05) is 12.7 Å². The number of aromatic nitrogens is 2. The number of nitrogens with zero attached hydrogens (tertiary/aromatic N) is 3. The monoisotopic (exact) mass is 289 g/mol. The first-order chi connectivity index (χ1) is 8.94. The van der Waals surface area contributed by atoms with Crippen LogP contribution in [0.15, 0.2) is 22.7 Å². The van der Waals surface area contributed by atoms with E-state index in [-0.39, 0.29) is 10.9 Å². The minimum atomic E-state index is -3.78. The van der Waals surface area contributed by atoms with Crippen LogP contribution in [0.4, 0.5) is 0 Å². The number of aryl methyl sites for hydroxylation is 1. The lowest BCUT2D eigenvalue weighted by Gasteiger charge is -2.15. The van der Waals surface area contributed by atoms with Crippen LogP contribution in [0.25, 0.3) is 0 Å². The summed E-state index contributed by atoms with van der Waals surface area (Å²) < 4.78 is 28.2. The predicted molar refractivity (Wildman–Crippen MR) is 70.3 cm³/mol. The van der Waals surface area contributed by atoms with Crippen LogP contribution in [0, 0.1) is 0 Å². The van der Waals surface area contributed by atoms with Crippen LogP contribution >= 0.6 is 0 Å². The molecule has 19 heavy (non-hydrogen) atoms. The normalized spacial score (nSPS) is 14.5. The third-order valence-electron chi connectivity index (χ3n) is 2.60. The van der Waals surface area contributed by atoms with Gasteiger partial charge < -0.3 is 15.5 Å². The number of nitrogens with one attached hydrogen (secondary N) is 1. The Labute approximate surface area is 112 Å². The zero-order chi connectivity index (χ0) is 14.5. The standard InChI is InChI=1S/C10H19N5O3S/c1-3-5-8(10(11)13-16)14-19(17,18)9-6-15(4-2)7-12-9/h6-8,14,16H,3-5H2,1-2H3,(H2,11,13). The second kappa shape index (κ2) is 6.53. The largest absolute Gasteiger partial charge is 0.409 e. The Hall–Kier alpha value is -1.61. The molecule has 4 N–H and O–H groups in total. The fourth-order valence-electron chi connectivity index (χ4n) is 1.52. The van der Waals surface area contributed by atoms with Crippen molar-refractivity contribution in [2.24, 2.45) is 10.9 Å². The first kappa shape index (κ1) is 15.4. The van der Waals surface area contributed by atoms with Crippen molar-refractivity contribution in [3.63, 3.8) is 0 Å². The number of hydrogen-bond acceptors (Lipinski definition) is 5. The minimum Gasteiger partial charge on any atom is -0.409 e. The lowest BCUT2D eigenvalue weighted by molar-refractivity contribution is 0.315. The Kier molecular flexibility index (Phi) is 5.31. The van der Waals surface area contributed by atoms with Gasteiger partial charge in [-0.2, -0.15) is 4.72 Å². The smallest absolute Gasteiger partial charge is 0.260 e. The van der Waals surface area contributed by atoms with E-state index >= 15 is 0 Å². The Bertz CT molecular complexity index is 537. The fourth-order valence-corrected chi connectivity index (χ4v) is 2.72. The van der Waals surface area contributed by atoms with Crippen molar-refractivity contribution in [3.05, 3.63) is 12.5 Å². The van der Waals surface area contributed by atoms with Crippen LogP contribution in [0.1, 0.15) is 26.7 Å². The predicted octanol–water partition coefficient (Wildman–Crippen LogP) is 0.0964. The molecule has 8 nitrogen and oxygen atoms in total. The molecule has 1 unspecified atom stereocenters. The second-order valence-corrected chi connectivity index (χ2v) is 5.69.